The summed E-state index contributed by atoms with van der Waals surface area (Å²) in [5, 5.41) is 4.99. The molecule has 0 aliphatic carbocycles. The molecule has 0 atom stereocenters. The van der Waals surface area contributed by atoms with Crippen molar-refractivity contribution in [3.8, 4) is 0 Å². The van der Waals surface area contributed by atoms with Crippen molar-refractivity contribution in [1.29, 1.82) is 0 Å². The molecule has 0 heterocycles. The average molecular weight is 300 g/mol. The van der Waals surface area contributed by atoms with Crippen molar-refractivity contribution >= 4 is 23.2 Å². The Morgan fingerprint density at radius 3 is 2.58 bits per heavy atom. The second-order valence-electron chi connectivity index (χ2n) is 5.93. The molecular weight excluding hydrogens is 277 g/mol. The van der Waals surface area contributed by atoms with Gasteiger partial charge in [-0.2, -0.15) is 0 Å². The van der Waals surface area contributed by atoms with Gasteiger partial charge in [0.2, 0.25) is 0 Å². The molecule has 0 fully saturated rings. The van der Waals surface area contributed by atoms with Crippen molar-refractivity contribution in [3.63, 3.8) is 0 Å². The van der Waals surface area contributed by atoms with Crippen LogP contribution in [0, 0.1) is 0 Å². The first-order valence-electron chi connectivity index (χ1n) is 6.62. The van der Waals surface area contributed by atoms with E-state index in [1.165, 1.54) is 5.57 Å². The molecule has 0 saturated heterocycles. The third kappa shape index (κ3) is 7.00. The predicted octanol–water partition coefficient (Wildman–Crippen LogP) is 5.26. The first kappa shape index (κ1) is 16.6. The Bertz CT molecular complexity index is 445. The molecule has 0 aliphatic rings. The molecule has 0 saturated carbocycles. The van der Waals surface area contributed by atoms with E-state index in [0.29, 0.717) is 0 Å². The zero-order chi connectivity index (χ0) is 14.5. The van der Waals surface area contributed by atoms with Gasteiger partial charge in [-0.15, -0.1) is 0 Å². The highest BCUT2D eigenvalue weighted by Gasteiger charge is 2.07. The van der Waals surface area contributed by atoms with Crippen molar-refractivity contribution in [2.45, 2.75) is 46.1 Å². The van der Waals surface area contributed by atoms with Crippen molar-refractivity contribution in [3.05, 3.63) is 45.5 Å². The van der Waals surface area contributed by atoms with Gasteiger partial charge in [-0.05, 0) is 70.8 Å². The van der Waals surface area contributed by atoms with E-state index in [4.69, 9.17) is 23.2 Å². The molecule has 1 aromatic carbocycles. The Labute approximate surface area is 127 Å². The summed E-state index contributed by atoms with van der Waals surface area (Å²) in [6, 6.07) is 5.61. The quantitative estimate of drug-likeness (QED) is 0.577. The average Bonchev–Trinajstić information content (AvgIpc) is 2.28. The molecule has 0 amide bonds. The Morgan fingerprint density at radius 1 is 1.26 bits per heavy atom. The summed E-state index contributed by atoms with van der Waals surface area (Å²) in [5.74, 6) is 0. The largest absolute Gasteiger partial charge is 0.312 e. The Hall–Kier alpha value is -0.500. The molecule has 3 heteroatoms. The van der Waals surface area contributed by atoms with Crippen molar-refractivity contribution in [1.82, 2.24) is 5.32 Å². The molecule has 0 bridgehead atoms. The van der Waals surface area contributed by atoms with Gasteiger partial charge in [-0.1, -0.05) is 34.9 Å². The topological polar surface area (TPSA) is 12.0 Å². The maximum Gasteiger partial charge on any atom is 0.0442 e. The maximum atomic E-state index is 6.16. The molecule has 106 valence electrons. The molecule has 1 N–H and O–H groups in total. The van der Waals surface area contributed by atoms with Crippen LogP contribution in [0.2, 0.25) is 10.0 Å². The zero-order valence-corrected chi connectivity index (χ0v) is 13.7. The van der Waals surface area contributed by atoms with E-state index in [-0.39, 0.29) is 5.54 Å². The minimum absolute atomic E-state index is 0.179. The van der Waals surface area contributed by atoms with Gasteiger partial charge in [0, 0.05) is 15.6 Å². The molecule has 0 aliphatic heterocycles. The Balaban J connectivity index is 2.50. The van der Waals surface area contributed by atoms with Crippen molar-refractivity contribution in [2.75, 3.05) is 6.54 Å². The SMILES string of the molecule is CC(=CCCNC(C)(C)C)Cc1cc(Cl)ccc1Cl. The first-order chi connectivity index (χ1) is 8.78. The Morgan fingerprint density at radius 2 is 1.95 bits per heavy atom. The lowest BCUT2D eigenvalue weighted by atomic mass is 10.0. The van der Waals surface area contributed by atoms with E-state index in [1.54, 1.807) is 0 Å². The number of nitrogens with one attached hydrogen (secondary N) is 1. The van der Waals surface area contributed by atoms with Crippen LogP contribution in [0.3, 0.4) is 0 Å². The number of benzene rings is 1. The summed E-state index contributed by atoms with van der Waals surface area (Å²) < 4.78 is 0. The molecule has 19 heavy (non-hydrogen) atoms. The number of hydrogen-bond donors (Lipinski definition) is 1. The lowest BCUT2D eigenvalue weighted by molar-refractivity contribution is 0.431. The van der Waals surface area contributed by atoms with Gasteiger partial charge >= 0.3 is 0 Å². The van der Waals surface area contributed by atoms with Gasteiger partial charge in [0.25, 0.3) is 0 Å². The highest BCUT2D eigenvalue weighted by Crippen LogP contribution is 2.23. The van der Waals surface area contributed by atoms with Crippen LogP contribution < -0.4 is 5.32 Å². The molecule has 1 rings (SSSR count). The number of hydrogen-bond acceptors (Lipinski definition) is 1. The van der Waals surface area contributed by atoms with E-state index in [2.05, 4.69) is 39.1 Å². The monoisotopic (exact) mass is 299 g/mol. The number of allylic oxidation sites excluding steroid dienone is 1. The van der Waals surface area contributed by atoms with Gasteiger partial charge in [0.15, 0.2) is 0 Å². The van der Waals surface area contributed by atoms with Crippen LogP contribution in [0.15, 0.2) is 29.8 Å². The second kappa shape index (κ2) is 7.33. The normalized spacial score (nSPS) is 12.8. The summed E-state index contributed by atoms with van der Waals surface area (Å²) >= 11 is 12.2. The highest BCUT2D eigenvalue weighted by molar-refractivity contribution is 6.33. The standard InChI is InChI=1S/C16H23Cl2N/c1-12(6-5-9-19-16(2,3)4)10-13-11-14(17)7-8-15(13)18/h6-8,11,19H,5,9-10H2,1-4H3. The number of rotatable bonds is 5. The smallest absolute Gasteiger partial charge is 0.0442 e. The van der Waals surface area contributed by atoms with Crippen LogP contribution in [-0.4, -0.2) is 12.1 Å². The maximum absolute atomic E-state index is 6.16. The van der Waals surface area contributed by atoms with E-state index in [0.717, 1.165) is 35.0 Å². The predicted molar refractivity (Wildman–Crippen MR) is 86.3 cm³/mol. The van der Waals surface area contributed by atoms with Gasteiger partial charge in [-0.3, -0.25) is 0 Å². The second-order valence-corrected chi connectivity index (χ2v) is 6.77. The minimum atomic E-state index is 0.179. The fraction of sp³-hybridized carbons (Fsp3) is 0.500. The highest BCUT2D eigenvalue weighted by atomic mass is 35.5. The van der Waals surface area contributed by atoms with E-state index < -0.39 is 0 Å². The fourth-order valence-corrected chi connectivity index (χ4v) is 2.20. The molecule has 0 spiro atoms. The van der Waals surface area contributed by atoms with Crippen LogP contribution in [-0.2, 0) is 6.42 Å². The molecular formula is C16H23Cl2N. The lowest BCUT2D eigenvalue weighted by Gasteiger charge is -2.19. The molecule has 0 unspecified atom stereocenters. The number of halogens is 2. The summed E-state index contributed by atoms with van der Waals surface area (Å²) in [4.78, 5) is 0. The summed E-state index contributed by atoms with van der Waals surface area (Å²) in [6.45, 7) is 9.65. The van der Waals surface area contributed by atoms with Gasteiger partial charge < -0.3 is 5.32 Å². The third-order valence-electron chi connectivity index (χ3n) is 2.77. The van der Waals surface area contributed by atoms with Crippen LogP contribution in [0.1, 0.15) is 39.7 Å². The van der Waals surface area contributed by atoms with Gasteiger partial charge in [-0.25, -0.2) is 0 Å². The van der Waals surface area contributed by atoms with Crippen LogP contribution >= 0.6 is 23.2 Å². The van der Waals surface area contributed by atoms with Crippen LogP contribution in [0.5, 0.6) is 0 Å². The van der Waals surface area contributed by atoms with E-state index >= 15 is 0 Å². The first-order valence-corrected chi connectivity index (χ1v) is 7.38. The van der Waals surface area contributed by atoms with E-state index in [1.807, 2.05) is 18.2 Å². The van der Waals surface area contributed by atoms with E-state index in [9.17, 15) is 0 Å². The minimum Gasteiger partial charge on any atom is -0.312 e. The lowest BCUT2D eigenvalue weighted by Crippen LogP contribution is -2.36. The van der Waals surface area contributed by atoms with Crippen LogP contribution in [0.4, 0.5) is 0 Å². The fourth-order valence-electron chi connectivity index (χ4n) is 1.82. The van der Waals surface area contributed by atoms with Gasteiger partial charge in [0.05, 0.1) is 0 Å². The molecule has 1 nitrogen and oxygen atoms in total. The summed E-state index contributed by atoms with van der Waals surface area (Å²) in [7, 11) is 0. The summed E-state index contributed by atoms with van der Waals surface area (Å²) in [5.41, 5.74) is 2.59. The summed E-state index contributed by atoms with van der Waals surface area (Å²) in [6.07, 6.45) is 4.15. The molecule has 0 aromatic heterocycles. The molecule has 0 radical (unpaired) electrons. The zero-order valence-electron chi connectivity index (χ0n) is 12.2. The van der Waals surface area contributed by atoms with Crippen molar-refractivity contribution in [2.24, 2.45) is 0 Å². The third-order valence-corrected chi connectivity index (χ3v) is 3.37. The molecule has 1 aromatic rings. The van der Waals surface area contributed by atoms with Gasteiger partial charge in [0.1, 0.15) is 0 Å². The van der Waals surface area contributed by atoms with Crippen molar-refractivity contribution < 1.29 is 0 Å². The van der Waals surface area contributed by atoms with Crippen LogP contribution in [0.25, 0.3) is 0 Å². The Kier molecular flexibility index (Phi) is 6.38.